The lowest BCUT2D eigenvalue weighted by molar-refractivity contribution is 0.888. The highest BCUT2D eigenvalue weighted by Crippen LogP contribution is 2.29. The topological polar surface area (TPSA) is 56.7 Å². The second-order valence-electron chi connectivity index (χ2n) is 3.68. The summed E-state index contributed by atoms with van der Waals surface area (Å²) >= 11 is 1.72. The first-order valence-electron chi connectivity index (χ1n) is 5.09. The summed E-state index contributed by atoms with van der Waals surface area (Å²) in [6, 6.07) is 3.76. The molecule has 0 atom stereocenters. The summed E-state index contributed by atoms with van der Waals surface area (Å²) in [5.41, 5.74) is 6.98. The van der Waals surface area contributed by atoms with Gasteiger partial charge in [0.05, 0.1) is 16.8 Å². The van der Waals surface area contributed by atoms with Crippen molar-refractivity contribution in [2.75, 3.05) is 5.73 Å². The second kappa shape index (κ2) is 4.57. The number of anilines is 1. The SMILES string of the molecule is CC(C)Sc1cnn(-c2ccncc2)c1N. The molecule has 4 nitrogen and oxygen atoms in total. The van der Waals surface area contributed by atoms with Gasteiger partial charge in [0, 0.05) is 17.6 Å². The number of nitrogen functional groups attached to an aromatic ring is 1. The number of aromatic nitrogens is 3. The van der Waals surface area contributed by atoms with E-state index in [-0.39, 0.29) is 0 Å². The molecule has 0 radical (unpaired) electrons. The Kier molecular flexibility index (Phi) is 3.14. The molecule has 2 aromatic rings. The van der Waals surface area contributed by atoms with E-state index in [4.69, 9.17) is 5.73 Å². The summed E-state index contributed by atoms with van der Waals surface area (Å²) in [5.74, 6) is 0.685. The molecule has 0 aliphatic heterocycles. The van der Waals surface area contributed by atoms with Crippen LogP contribution >= 0.6 is 11.8 Å². The first-order chi connectivity index (χ1) is 7.68. The zero-order chi connectivity index (χ0) is 11.5. The van der Waals surface area contributed by atoms with Gasteiger partial charge in [-0.2, -0.15) is 5.10 Å². The molecule has 2 aromatic heterocycles. The van der Waals surface area contributed by atoms with E-state index in [1.807, 2.05) is 12.1 Å². The van der Waals surface area contributed by atoms with Crippen molar-refractivity contribution in [2.24, 2.45) is 0 Å². The molecule has 5 heteroatoms. The number of thioether (sulfide) groups is 1. The Hall–Kier alpha value is -1.49. The highest BCUT2D eigenvalue weighted by Gasteiger charge is 2.10. The summed E-state index contributed by atoms with van der Waals surface area (Å²) in [4.78, 5) is 4.99. The smallest absolute Gasteiger partial charge is 0.140 e. The maximum Gasteiger partial charge on any atom is 0.140 e. The summed E-state index contributed by atoms with van der Waals surface area (Å²) in [6.07, 6.45) is 5.26. The maximum absolute atomic E-state index is 6.04. The second-order valence-corrected chi connectivity index (χ2v) is 5.30. The summed E-state index contributed by atoms with van der Waals surface area (Å²) in [7, 11) is 0. The molecule has 0 unspecified atom stereocenters. The zero-order valence-corrected chi connectivity index (χ0v) is 10.1. The average Bonchev–Trinajstić information content (AvgIpc) is 2.61. The fourth-order valence-electron chi connectivity index (χ4n) is 1.38. The van der Waals surface area contributed by atoms with Gasteiger partial charge in [-0.05, 0) is 12.1 Å². The van der Waals surface area contributed by atoms with Crippen molar-refractivity contribution in [3.63, 3.8) is 0 Å². The molecule has 2 heterocycles. The van der Waals surface area contributed by atoms with Gasteiger partial charge >= 0.3 is 0 Å². The molecule has 0 aliphatic rings. The van der Waals surface area contributed by atoms with Crippen LogP contribution in [0.5, 0.6) is 0 Å². The van der Waals surface area contributed by atoms with Crippen LogP contribution < -0.4 is 5.73 Å². The standard InChI is InChI=1S/C11H14N4S/c1-8(2)16-10-7-14-15(11(10)12)9-3-5-13-6-4-9/h3-8H,12H2,1-2H3. The third-order valence-electron chi connectivity index (χ3n) is 2.04. The maximum atomic E-state index is 6.04. The Labute approximate surface area is 98.9 Å². The van der Waals surface area contributed by atoms with Crippen LogP contribution in [0.15, 0.2) is 35.6 Å². The number of nitrogens with two attached hydrogens (primary N) is 1. The van der Waals surface area contributed by atoms with Gasteiger partial charge in [0.25, 0.3) is 0 Å². The minimum absolute atomic E-state index is 0.498. The van der Waals surface area contributed by atoms with Crippen LogP contribution in [0.1, 0.15) is 13.8 Å². The Morgan fingerprint density at radius 2 is 2.00 bits per heavy atom. The summed E-state index contributed by atoms with van der Waals surface area (Å²) in [6.45, 7) is 4.27. The third-order valence-corrected chi connectivity index (χ3v) is 3.08. The van der Waals surface area contributed by atoms with E-state index < -0.39 is 0 Å². The van der Waals surface area contributed by atoms with Gasteiger partial charge in [-0.3, -0.25) is 4.98 Å². The van der Waals surface area contributed by atoms with Gasteiger partial charge in [-0.15, -0.1) is 11.8 Å². The average molecular weight is 234 g/mol. The molecule has 2 N–H and O–H groups in total. The number of pyridine rings is 1. The molecule has 0 spiro atoms. The van der Waals surface area contributed by atoms with Crippen LogP contribution in [0.25, 0.3) is 5.69 Å². The Bertz CT molecular complexity index is 464. The molecule has 0 bridgehead atoms. The van der Waals surface area contributed by atoms with Crippen LogP contribution in [0.2, 0.25) is 0 Å². The van der Waals surface area contributed by atoms with Crippen LogP contribution in [0.4, 0.5) is 5.82 Å². The van der Waals surface area contributed by atoms with E-state index in [2.05, 4.69) is 23.9 Å². The molecule has 16 heavy (non-hydrogen) atoms. The van der Waals surface area contributed by atoms with E-state index in [1.165, 1.54) is 0 Å². The summed E-state index contributed by atoms with van der Waals surface area (Å²) in [5, 5.41) is 4.78. The van der Waals surface area contributed by atoms with Crippen LogP contribution in [0, 0.1) is 0 Å². The van der Waals surface area contributed by atoms with Gasteiger partial charge in [0.15, 0.2) is 0 Å². The van der Waals surface area contributed by atoms with Gasteiger partial charge in [0.1, 0.15) is 5.82 Å². The van der Waals surface area contributed by atoms with Crippen molar-refractivity contribution < 1.29 is 0 Å². The van der Waals surface area contributed by atoms with E-state index in [0.29, 0.717) is 11.1 Å². The highest BCUT2D eigenvalue weighted by atomic mass is 32.2. The minimum atomic E-state index is 0.498. The highest BCUT2D eigenvalue weighted by molar-refractivity contribution is 8.00. The zero-order valence-electron chi connectivity index (χ0n) is 9.29. The van der Waals surface area contributed by atoms with E-state index >= 15 is 0 Å². The largest absolute Gasteiger partial charge is 0.383 e. The lowest BCUT2D eigenvalue weighted by atomic mass is 10.4. The molecule has 0 saturated heterocycles. The third kappa shape index (κ3) is 2.19. The van der Waals surface area contributed by atoms with E-state index in [1.54, 1.807) is 35.0 Å². The molecule has 0 aromatic carbocycles. The van der Waals surface area contributed by atoms with Gasteiger partial charge in [-0.25, -0.2) is 4.68 Å². The van der Waals surface area contributed by atoms with Crippen molar-refractivity contribution in [3.05, 3.63) is 30.7 Å². The van der Waals surface area contributed by atoms with Crippen LogP contribution in [-0.2, 0) is 0 Å². The molecule has 0 saturated carbocycles. The Morgan fingerprint density at radius 1 is 1.31 bits per heavy atom. The van der Waals surface area contributed by atoms with Crippen LogP contribution in [0.3, 0.4) is 0 Å². The number of rotatable bonds is 3. The first kappa shape index (κ1) is 11.0. The fourth-order valence-corrected chi connectivity index (χ4v) is 2.20. The molecule has 84 valence electrons. The summed E-state index contributed by atoms with van der Waals surface area (Å²) < 4.78 is 1.73. The molecular weight excluding hydrogens is 220 g/mol. The van der Waals surface area contributed by atoms with Crippen molar-refractivity contribution in [3.8, 4) is 5.69 Å². The molecule has 2 rings (SSSR count). The minimum Gasteiger partial charge on any atom is -0.383 e. The van der Waals surface area contributed by atoms with Crippen molar-refractivity contribution in [1.29, 1.82) is 0 Å². The van der Waals surface area contributed by atoms with E-state index in [0.717, 1.165) is 10.6 Å². The molecule has 0 fully saturated rings. The number of hydrogen-bond donors (Lipinski definition) is 1. The normalized spacial score (nSPS) is 10.9. The van der Waals surface area contributed by atoms with Crippen molar-refractivity contribution in [2.45, 2.75) is 24.0 Å². The Morgan fingerprint density at radius 3 is 2.62 bits per heavy atom. The Balaban J connectivity index is 2.34. The van der Waals surface area contributed by atoms with Gasteiger partial charge in [0.2, 0.25) is 0 Å². The fraction of sp³-hybridized carbons (Fsp3) is 0.273. The number of hydrogen-bond acceptors (Lipinski definition) is 4. The lowest BCUT2D eigenvalue weighted by Crippen LogP contribution is -2.02. The quantitative estimate of drug-likeness (QED) is 0.828. The predicted molar refractivity (Wildman–Crippen MR) is 66.8 cm³/mol. The van der Waals surface area contributed by atoms with Crippen molar-refractivity contribution in [1.82, 2.24) is 14.8 Å². The molecule has 0 amide bonds. The van der Waals surface area contributed by atoms with Crippen LogP contribution in [-0.4, -0.2) is 20.0 Å². The predicted octanol–water partition coefficient (Wildman–Crippen LogP) is 2.35. The van der Waals surface area contributed by atoms with E-state index in [9.17, 15) is 0 Å². The first-order valence-corrected chi connectivity index (χ1v) is 5.97. The molecular formula is C11H14N4S. The number of nitrogens with zero attached hydrogens (tertiary/aromatic N) is 3. The lowest BCUT2D eigenvalue weighted by Gasteiger charge is -2.05. The monoisotopic (exact) mass is 234 g/mol. The van der Waals surface area contributed by atoms with Gasteiger partial charge < -0.3 is 5.73 Å². The molecule has 0 aliphatic carbocycles. The van der Waals surface area contributed by atoms with Crippen molar-refractivity contribution >= 4 is 17.6 Å². The van der Waals surface area contributed by atoms with Gasteiger partial charge in [-0.1, -0.05) is 13.8 Å².